The molecule has 1 heterocycles. The summed E-state index contributed by atoms with van der Waals surface area (Å²) in [5, 5.41) is 22.9. The van der Waals surface area contributed by atoms with Gasteiger partial charge in [-0.15, -0.1) is 0 Å². The van der Waals surface area contributed by atoms with Crippen LogP contribution in [-0.4, -0.2) is 28.1 Å². The van der Waals surface area contributed by atoms with Crippen LogP contribution in [-0.2, 0) is 19.9 Å². The normalized spacial score (nSPS) is 17.5. The molecule has 1 unspecified atom stereocenters. The molecule has 0 fully saturated rings. The monoisotopic (exact) mass is 446 g/mol. The topological polar surface area (TPSA) is 116 Å². The van der Waals surface area contributed by atoms with E-state index in [4.69, 9.17) is 28.3 Å². The van der Waals surface area contributed by atoms with E-state index >= 15 is 0 Å². The van der Waals surface area contributed by atoms with Crippen LogP contribution in [0.3, 0.4) is 0 Å². The molecule has 3 rings (SSSR count). The zero-order valence-electron chi connectivity index (χ0n) is 15.6. The molecule has 7 nitrogen and oxygen atoms in total. The molecular formula is C21H16Cl2N2O5. The van der Waals surface area contributed by atoms with E-state index in [1.807, 2.05) is 0 Å². The summed E-state index contributed by atoms with van der Waals surface area (Å²) >= 11 is 12.4. The fourth-order valence-electron chi connectivity index (χ4n) is 3.27. The minimum atomic E-state index is -1.98. The number of rotatable bonds is 6. The molecule has 0 aliphatic carbocycles. The molecule has 1 atom stereocenters. The molecule has 0 saturated heterocycles. The number of hydrogen-bond donors (Lipinski definition) is 3. The smallest absolute Gasteiger partial charge is 0.341 e. The highest BCUT2D eigenvalue weighted by molar-refractivity contribution is 6.34. The van der Waals surface area contributed by atoms with Crippen LogP contribution in [0.1, 0.15) is 18.9 Å². The standard InChI is InChI=1S/C21H16Cl2N2O5/c1-2-17(26)24-13-5-3-4-11(8-13)21(20(29)30)14(6-7-18(27)28)19-15(23)9-12(22)10-16(19)25-21/h3-10H,2H2,1H3,(H,24,26)(H,27,28)(H,29,30). The highest BCUT2D eigenvalue weighted by Gasteiger charge is 2.46. The molecule has 154 valence electrons. The molecule has 3 N–H and O–H groups in total. The molecule has 0 aromatic heterocycles. The maximum Gasteiger partial charge on any atom is 0.341 e. The van der Waals surface area contributed by atoms with Crippen molar-refractivity contribution in [2.45, 2.75) is 18.9 Å². The number of carboxylic acids is 2. The van der Waals surface area contributed by atoms with E-state index in [-0.39, 0.29) is 44.1 Å². The first kappa shape index (κ1) is 21.5. The Bertz CT molecular complexity index is 1220. The van der Waals surface area contributed by atoms with Gasteiger partial charge in [-0.25, -0.2) is 9.59 Å². The third kappa shape index (κ3) is 3.81. The lowest BCUT2D eigenvalue weighted by Crippen LogP contribution is -2.35. The zero-order chi connectivity index (χ0) is 22.1. The van der Waals surface area contributed by atoms with Crippen molar-refractivity contribution in [3.05, 3.63) is 74.7 Å². The second-order valence-electron chi connectivity index (χ2n) is 6.48. The van der Waals surface area contributed by atoms with Crippen LogP contribution in [0.25, 0.3) is 5.57 Å². The van der Waals surface area contributed by atoms with Crippen LogP contribution in [0.15, 0.2) is 53.5 Å². The molecule has 2 aromatic rings. The first-order valence-electron chi connectivity index (χ1n) is 8.83. The number of carbonyl (C=O) groups is 3. The highest BCUT2D eigenvalue weighted by atomic mass is 35.5. The Morgan fingerprint density at radius 1 is 1.17 bits per heavy atom. The van der Waals surface area contributed by atoms with E-state index in [1.54, 1.807) is 19.1 Å². The van der Waals surface area contributed by atoms with Crippen molar-refractivity contribution < 1.29 is 24.6 Å². The van der Waals surface area contributed by atoms with Gasteiger partial charge in [0, 0.05) is 34.0 Å². The summed E-state index contributed by atoms with van der Waals surface area (Å²) in [5.41, 5.74) is -1.29. The minimum absolute atomic E-state index is 0.0769. The van der Waals surface area contributed by atoms with Gasteiger partial charge < -0.3 is 15.5 Å². The molecule has 30 heavy (non-hydrogen) atoms. The van der Waals surface area contributed by atoms with Gasteiger partial charge in [-0.05, 0) is 35.9 Å². The largest absolute Gasteiger partial charge is 0.479 e. The summed E-state index contributed by atoms with van der Waals surface area (Å²) in [6, 6.07) is 9.12. The zero-order valence-corrected chi connectivity index (χ0v) is 17.2. The summed E-state index contributed by atoms with van der Waals surface area (Å²) in [4.78, 5) is 39.9. The Morgan fingerprint density at radius 3 is 2.53 bits per heavy atom. The highest BCUT2D eigenvalue weighted by Crippen LogP contribution is 2.38. The van der Waals surface area contributed by atoms with E-state index in [1.165, 1.54) is 30.3 Å². The van der Waals surface area contributed by atoms with Crippen LogP contribution in [0.5, 0.6) is 0 Å². The predicted molar refractivity (Wildman–Crippen MR) is 112 cm³/mol. The van der Waals surface area contributed by atoms with Crippen molar-refractivity contribution in [3.8, 4) is 0 Å². The number of anilines is 1. The minimum Gasteiger partial charge on any atom is -0.479 e. The number of benzene rings is 2. The average Bonchev–Trinajstić information content (AvgIpc) is 3.02. The summed E-state index contributed by atoms with van der Waals surface area (Å²) in [6.45, 7) is 1.69. The average molecular weight is 447 g/mol. The van der Waals surface area contributed by atoms with Gasteiger partial charge >= 0.3 is 11.9 Å². The molecule has 1 amide bonds. The van der Waals surface area contributed by atoms with Gasteiger partial charge in [0.1, 0.15) is 0 Å². The summed E-state index contributed by atoms with van der Waals surface area (Å²) < 4.78 is 0. The molecule has 9 heteroatoms. The number of aliphatic carboxylic acids is 2. The van der Waals surface area contributed by atoms with Crippen molar-refractivity contribution in [1.82, 2.24) is 0 Å². The fourth-order valence-corrected chi connectivity index (χ4v) is 3.86. The van der Waals surface area contributed by atoms with Crippen LogP contribution in [0, 0.1) is 0 Å². The lowest BCUT2D eigenvalue weighted by Gasteiger charge is -2.25. The summed E-state index contributed by atoms with van der Waals surface area (Å²) in [6.07, 6.45) is 2.24. The van der Waals surface area contributed by atoms with Gasteiger partial charge in [-0.2, -0.15) is 0 Å². The first-order valence-corrected chi connectivity index (χ1v) is 9.59. The van der Waals surface area contributed by atoms with Crippen molar-refractivity contribution >= 4 is 52.3 Å². The quantitative estimate of drug-likeness (QED) is 0.589. The number of carbonyl (C=O) groups excluding carboxylic acids is 1. The van der Waals surface area contributed by atoms with Gasteiger partial charge in [0.25, 0.3) is 0 Å². The summed E-state index contributed by atoms with van der Waals surface area (Å²) in [5.74, 6) is -2.84. The van der Waals surface area contributed by atoms with Crippen LogP contribution >= 0.6 is 23.2 Å². The fraction of sp³-hybridized carbons (Fsp3) is 0.143. The lowest BCUT2D eigenvalue weighted by atomic mass is 9.82. The van der Waals surface area contributed by atoms with Gasteiger partial charge in [0.15, 0.2) is 0 Å². The van der Waals surface area contributed by atoms with E-state index < -0.39 is 17.5 Å². The number of nitrogens with one attached hydrogen (secondary N) is 1. The molecule has 0 radical (unpaired) electrons. The van der Waals surface area contributed by atoms with E-state index in [2.05, 4.69) is 10.3 Å². The first-order chi connectivity index (χ1) is 14.2. The van der Waals surface area contributed by atoms with Crippen molar-refractivity contribution in [2.75, 3.05) is 5.32 Å². The molecule has 0 saturated carbocycles. The van der Waals surface area contributed by atoms with E-state index in [0.717, 1.165) is 6.08 Å². The van der Waals surface area contributed by atoms with Gasteiger partial charge in [-0.3, -0.25) is 9.79 Å². The Kier molecular flexibility index (Phi) is 5.96. The SMILES string of the molecule is CCC(=O)Nc1cccc(C2(C(=O)O)N=c3cc(Cl)cc(Cl)c3=C2C=CC(=O)O)c1. The third-order valence-corrected chi connectivity index (χ3v) is 5.09. The van der Waals surface area contributed by atoms with Gasteiger partial charge in [0.2, 0.25) is 11.4 Å². The van der Waals surface area contributed by atoms with E-state index in [9.17, 15) is 19.5 Å². The predicted octanol–water partition coefficient (Wildman–Crippen LogP) is 2.75. The molecule has 0 spiro atoms. The van der Waals surface area contributed by atoms with Gasteiger partial charge in [0.05, 0.1) is 10.4 Å². The van der Waals surface area contributed by atoms with Crippen LogP contribution in [0.4, 0.5) is 5.69 Å². The number of hydrogen-bond acceptors (Lipinski definition) is 4. The number of carboxylic acid groups (broad SMARTS) is 2. The lowest BCUT2D eigenvalue weighted by molar-refractivity contribution is -0.141. The van der Waals surface area contributed by atoms with Crippen LogP contribution in [0.2, 0.25) is 10.0 Å². The maximum atomic E-state index is 12.6. The second-order valence-corrected chi connectivity index (χ2v) is 7.32. The Labute approximate surface area is 181 Å². The Hall–Kier alpha value is -3.16. The van der Waals surface area contributed by atoms with E-state index in [0.29, 0.717) is 5.69 Å². The van der Waals surface area contributed by atoms with Crippen molar-refractivity contribution in [1.29, 1.82) is 0 Å². The second kappa shape index (κ2) is 8.30. The number of fused-ring (bicyclic) bond motifs is 1. The molecular weight excluding hydrogens is 431 g/mol. The van der Waals surface area contributed by atoms with Crippen molar-refractivity contribution in [2.24, 2.45) is 4.99 Å². The third-order valence-electron chi connectivity index (χ3n) is 4.57. The molecule has 1 aliphatic heterocycles. The van der Waals surface area contributed by atoms with Gasteiger partial charge in [-0.1, -0.05) is 42.3 Å². The van der Waals surface area contributed by atoms with Crippen LogP contribution < -0.4 is 15.9 Å². The number of halogens is 2. The summed E-state index contributed by atoms with van der Waals surface area (Å²) in [7, 11) is 0. The number of amides is 1. The van der Waals surface area contributed by atoms with Crippen molar-refractivity contribution in [3.63, 3.8) is 0 Å². The molecule has 1 aliphatic rings. The maximum absolute atomic E-state index is 12.6. The molecule has 0 bridgehead atoms. The number of nitrogens with zero attached hydrogens (tertiary/aromatic N) is 1. The Balaban J connectivity index is 2.35. The molecule has 2 aromatic carbocycles. The Morgan fingerprint density at radius 2 is 1.90 bits per heavy atom.